The van der Waals surface area contributed by atoms with Crippen molar-refractivity contribution in [2.24, 2.45) is 5.92 Å². The van der Waals surface area contributed by atoms with Gasteiger partial charge >= 0.3 is 0 Å². The van der Waals surface area contributed by atoms with Crippen molar-refractivity contribution >= 4 is 0 Å². The van der Waals surface area contributed by atoms with Gasteiger partial charge in [-0.05, 0) is 61.6 Å². The van der Waals surface area contributed by atoms with Gasteiger partial charge in [-0.2, -0.15) is 5.26 Å². The Labute approximate surface area is 121 Å². The summed E-state index contributed by atoms with van der Waals surface area (Å²) in [5.41, 5.74) is 1.20. The van der Waals surface area contributed by atoms with Crippen molar-refractivity contribution in [1.29, 1.82) is 5.26 Å². The lowest BCUT2D eigenvalue weighted by molar-refractivity contribution is 0.374. The van der Waals surface area contributed by atoms with Gasteiger partial charge in [-0.15, -0.1) is 0 Å². The highest BCUT2D eigenvalue weighted by molar-refractivity contribution is 5.34. The molecule has 1 aliphatic rings. The quantitative estimate of drug-likeness (QED) is 0.679. The van der Waals surface area contributed by atoms with Gasteiger partial charge in [0.15, 0.2) is 0 Å². The number of unbranched alkanes of at least 4 members (excludes halogenated alkanes) is 1. The third-order valence-electron chi connectivity index (χ3n) is 4.22. The Hall–Kier alpha value is -1.62. The maximum atomic E-state index is 13.7. The minimum absolute atomic E-state index is 0.143. The van der Waals surface area contributed by atoms with Crippen molar-refractivity contribution in [1.82, 2.24) is 0 Å². The molecule has 1 aromatic rings. The Morgan fingerprint density at radius 2 is 2.05 bits per heavy atom. The van der Waals surface area contributed by atoms with Crippen LogP contribution in [-0.2, 0) is 0 Å². The van der Waals surface area contributed by atoms with Crippen LogP contribution in [0.1, 0.15) is 62.5 Å². The largest absolute Gasteiger partial charge is 0.206 e. The van der Waals surface area contributed by atoms with Crippen LogP contribution in [0.5, 0.6) is 0 Å². The van der Waals surface area contributed by atoms with Crippen LogP contribution >= 0.6 is 0 Å². The Kier molecular flexibility index (Phi) is 5.35. The summed E-state index contributed by atoms with van der Waals surface area (Å²) >= 11 is 0. The topological polar surface area (TPSA) is 23.8 Å². The van der Waals surface area contributed by atoms with Crippen molar-refractivity contribution in [2.45, 2.75) is 51.4 Å². The fourth-order valence-corrected chi connectivity index (χ4v) is 2.98. The van der Waals surface area contributed by atoms with Gasteiger partial charge in [-0.1, -0.05) is 31.6 Å². The SMILES string of the molecule is CCCC=CC1CCC(c2ccc(C#N)c(F)c2)CC1. The van der Waals surface area contributed by atoms with Crippen LogP contribution in [-0.4, -0.2) is 0 Å². The summed E-state index contributed by atoms with van der Waals surface area (Å²) in [6.45, 7) is 2.20. The van der Waals surface area contributed by atoms with Crippen LogP contribution in [0.15, 0.2) is 30.4 Å². The van der Waals surface area contributed by atoms with Crippen molar-refractivity contribution in [3.8, 4) is 6.07 Å². The van der Waals surface area contributed by atoms with E-state index in [0.29, 0.717) is 11.8 Å². The number of nitriles is 1. The molecule has 1 aliphatic carbocycles. The number of benzene rings is 1. The molecule has 0 saturated heterocycles. The van der Waals surface area contributed by atoms with E-state index in [1.54, 1.807) is 12.1 Å². The number of rotatable bonds is 4. The van der Waals surface area contributed by atoms with E-state index in [-0.39, 0.29) is 11.4 Å². The molecule has 0 aliphatic heterocycles. The highest BCUT2D eigenvalue weighted by Gasteiger charge is 2.21. The van der Waals surface area contributed by atoms with Gasteiger partial charge in [0.05, 0.1) is 5.56 Å². The summed E-state index contributed by atoms with van der Waals surface area (Å²) in [7, 11) is 0. The normalized spacial score (nSPS) is 22.9. The van der Waals surface area contributed by atoms with E-state index in [0.717, 1.165) is 18.4 Å². The molecule has 20 heavy (non-hydrogen) atoms. The zero-order valence-electron chi connectivity index (χ0n) is 12.1. The molecule has 0 N–H and O–H groups in total. The summed E-state index contributed by atoms with van der Waals surface area (Å²) in [5, 5.41) is 8.76. The molecule has 1 aromatic carbocycles. The van der Waals surface area contributed by atoms with Crippen LogP contribution in [0.4, 0.5) is 4.39 Å². The monoisotopic (exact) mass is 271 g/mol. The molecule has 0 unspecified atom stereocenters. The molecule has 106 valence electrons. The van der Waals surface area contributed by atoms with E-state index in [9.17, 15) is 4.39 Å². The lowest BCUT2D eigenvalue weighted by Gasteiger charge is -2.27. The average Bonchev–Trinajstić information content (AvgIpc) is 2.48. The third kappa shape index (κ3) is 3.70. The van der Waals surface area contributed by atoms with Gasteiger partial charge in [0.25, 0.3) is 0 Å². The Balaban J connectivity index is 1.94. The smallest absolute Gasteiger partial charge is 0.141 e. The van der Waals surface area contributed by atoms with E-state index in [2.05, 4.69) is 19.1 Å². The molecule has 0 heterocycles. The maximum Gasteiger partial charge on any atom is 0.141 e. The fourth-order valence-electron chi connectivity index (χ4n) is 2.98. The zero-order valence-corrected chi connectivity index (χ0v) is 12.1. The summed E-state index contributed by atoms with van der Waals surface area (Å²) in [6, 6.07) is 6.95. The van der Waals surface area contributed by atoms with Crippen molar-refractivity contribution in [2.75, 3.05) is 0 Å². The van der Waals surface area contributed by atoms with Crippen LogP contribution < -0.4 is 0 Å². The molecule has 0 atom stereocenters. The molecule has 0 amide bonds. The van der Waals surface area contributed by atoms with E-state index in [4.69, 9.17) is 5.26 Å². The van der Waals surface area contributed by atoms with Crippen molar-refractivity contribution < 1.29 is 4.39 Å². The molecule has 2 heteroatoms. The molecule has 1 fully saturated rings. The lowest BCUT2D eigenvalue weighted by atomic mass is 9.78. The van der Waals surface area contributed by atoms with E-state index < -0.39 is 0 Å². The lowest BCUT2D eigenvalue weighted by Crippen LogP contribution is -2.12. The van der Waals surface area contributed by atoms with Crippen molar-refractivity contribution in [3.05, 3.63) is 47.3 Å². The summed E-state index contributed by atoms with van der Waals surface area (Å²) in [4.78, 5) is 0. The van der Waals surface area contributed by atoms with Crippen LogP contribution in [0.2, 0.25) is 0 Å². The summed E-state index contributed by atoms with van der Waals surface area (Å²) in [6.07, 6.45) is 11.6. The number of hydrogen-bond acceptors (Lipinski definition) is 1. The highest BCUT2D eigenvalue weighted by Crippen LogP contribution is 2.36. The Morgan fingerprint density at radius 3 is 2.65 bits per heavy atom. The van der Waals surface area contributed by atoms with Crippen LogP contribution in [0, 0.1) is 23.1 Å². The molecule has 2 rings (SSSR count). The molecule has 0 spiro atoms. The molecule has 0 bridgehead atoms. The first kappa shape index (κ1) is 14.8. The van der Waals surface area contributed by atoms with Gasteiger partial charge in [0, 0.05) is 0 Å². The van der Waals surface area contributed by atoms with Gasteiger partial charge in [-0.25, -0.2) is 4.39 Å². The van der Waals surface area contributed by atoms with E-state index in [1.165, 1.54) is 25.7 Å². The Morgan fingerprint density at radius 1 is 1.30 bits per heavy atom. The molecule has 0 radical (unpaired) electrons. The minimum Gasteiger partial charge on any atom is -0.206 e. The molecule has 0 aromatic heterocycles. The summed E-state index contributed by atoms with van der Waals surface area (Å²) < 4.78 is 13.7. The first-order valence-electron chi connectivity index (χ1n) is 7.60. The second-order valence-corrected chi connectivity index (χ2v) is 5.68. The van der Waals surface area contributed by atoms with Crippen LogP contribution in [0.3, 0.4) is 0 Å². The zero-order chi connectivity index (χ0) is 14.4. The third-order valence-corrected chi connectivity index (χ3v) is 4.22. The maximum absolute atomic E-state index is 13.7. The predicted octanol–water partition coefficient (Wildman–Crippen LogP) is 5.33. The standard InChI is InChI=1S/C18H22FN/c1-2-3-4-5-14-6-8-15(9-7-14)16-10-11-17(13-20)18(19)12-16/h4-5,10-12,14-15H,2-3,6-9H2,1H3. The van der Waals surface area contributed by atoms with Gasteiger partial charge < -0.3 is 0 Å². The van der Waals surface area contributed by atoms with E-state index in [1.807, 2.05) is 12.1 Å². The molecule has 1 nitrogen and oxygen atoms in total. The van der Waals surface area contributed by atoms with E-state index >= 15 is 0 Å². The fraction of sp³-hybridized carbons (Fsp3) is 0.500. The predicted molar refractivity (Wildman–Crippen MR) is 79.9 cm³/mol. The molecule has 1 saturated carbocycles. The summed E-state index contributed by atoms with van der Waals surface area (Å²) in [5.74, 6) is 0.768. The first-order chi connectivity index (χ1) is 9.74. The first-order valence-corrected chi connectivity index (χ1v) is 7.60. The second kappa shape index (κ2) is 7.24. The van der Waals surface area contributed by atoms with Crippen molar-refractivity contribution in [3.63, 3.8) is 0 Å². The average molecular weight is 271 g/mol. The number of allylic oxidation sites excluding steroid dienone is 2. The van der Waals surface area contributed by atoms with Gasteiger partial charge in [-0.3, -0.25) is 0 Å². The number of hydrogen-bond donors (Lipinski definition) is 0. The van der Waals surface area contributed by atoms with Gasteiger partial charge in [0.1, 0.15) is 11.9 Å². The number of halogens is 1. The minimum atomic E-state index is -0.380. The number of nitrogens with zero attached hydrogens (tertiary/aromatic N) is 1. The molecular formula is C18H22FN. The molecular weight excluding hydrogens is 249 g/mol. The highest BCUT2D eigenvalue weighted by atomic mass is 19.1. The van der Waals surface area contributed by atoms with Gasteiger partial charge in [0.2, 0.25) is 0 Å². The van der Waals surface area contributed by atoms with Crippen LogP contribution in [0.25, 0.3) is 0 Å². The Bertz CT molecular complexity index is 505. The second-order valence-electron chi connectivity index (χ2n) is 5.68.